The van der Waals surface area contributed by atoms with Gasteiger partial charge in [-0.2, -0.15) is 5.10 Å². The van der Waals surface area contributed by atoms with Gasteiger partial charge in [-0.3, -0.25) is 4.79 Å². The Morgan fingerprint density at radius 3 is 2.65 bits per heavy atom. The molecule has 1 aromatic heterocycles. The molecule has 124 valence electrons. The lowest BCUT2D eigenvalue weighted by Crippen LogP contribution is -2.22. The van der Waals surface area contributed by atoms with Gasteiger partial charge >= 0.3 is 0 Å². The van der Waals surface area contributed by atoms with Gasteiger partial charge < -0.3 is 4.74 Å². The Morgan fingerprint density at radius 1 is 1.22 bits per heavy atom. The summed E-state index contributed by atoms with van der Waals surface area (Å²) in [6.45, 7) is 10.1. The van der Waals surface area contributed by atoms with Crippen LogP contribution in [0.25, 0.3) is 0 Å². The zero-order valence-corrected chi connectivity index (χ0v) is 14.8. The predicted octanol–water partition coefficient (Wildman–Crippen LogP) is 4.18. The third-order valence-corrected chi connectivity index (χ3v) is 4.36. The second-order valence-corrected chi connectivity index (χ2v) is 6.05. The Balaban J connectivity index is 2.11. The normalized spacial score (nSPS) is 10.8. The predicted molar refractivity (Wildman–Crippen MR) is 92.4 cm³/mol. The summed E-state index contributed by atoms with van der Waals surface area (Å²) in [6, 6.07) is 5.86. The van der Waals surface area contributed by atoms with Gasteiger partial charge in [0.2, 0.25) is 0 Å². The second-order valence-electron chi connectivity index (χ2n) is 6.05. The molecular formula is C19H26N2O2. The molecule has 0 saturated carbocycles. The SMILES string of the molecule is CCCCc1c(C)nn(C(=O)COc2cccc(C)c2C)c1C. The Hall–Kier alpha value is -2.10. The van der Waals surface area contributed by atoms with E-state index in [1.54, 1.807) is 0 Å². The largest absolute Gasteiger partial charge is 0.483 e. The van der Waals surface area contributed by atoms with E-state index < -0.39 is 0 Å². The third kappa shape index (κ3) is 3.81. The van der Waals surface area contributed by atoms with Crippen molar-refractivity contribution in [2.24, 2.45) is 0 Å². The van der Waals surface area contributed by atoms with Crippen molar-refractivity contribution >= 4 is 5.91 Å². The van der Waals surface area contributed by atoms with Gasteiger partial charge in [-0.1, -0.05) is 25.5 Å². The number of unbranched alkanes of at least 4 members (excludes halogenated alkanes) is 1. The number of hydrogen-bond donors (Lipinski definition) is 0. The van der Waals surface area contributed by atoms with Crippen molar-refractivity contribution in [3.8, 4) is 5.75 Å². The Labute approximate surface area is 138 Å². The molecule has 0 spiro atoms. The van der Waals surface area contributed by atoms with Crippen molar-refractivity contribution < 1.29 is 9.53 Å². The molecule has 23 heavy (non-hydrogen) atoms. The molecule has 1 aromatic carbocycles. The van der Waals surface area contributed by atoms with E-state index in [2.05, 4.69) is 12.0 Å². The number of benzene rings is 1. The van der Waals surface area contributed by atoms with E-state index in [9.17, 15) is 4.79 Å². The standard InChI is InChI=1S/C19H26N2O2/c1-6-7-10-17-15(4)20-21(16(17)5)19(22)12-23-18-11-8-9-13(2)14(18)3/h8-9,11H,6-7,10,12H2,1-5H3. The first-order valence-corrected chi connectivity index (χ1v) is 8.23. The molecule has 0 atom stereocenters. The van der Waals surface area contributed by atoms with Crippen LogP contribution in [0.15, 0.2) is 18.2 Å². The first-order chi connectivity index (χ1) is 11.0. The summed E-state index contributed by atoms with van der Waals surface area (Å²) in [4.78, 5) is 12.4. The minimum atomic E-state index is -0.130. The highest BCUT2D eigenvalue weighted by molar-refractivity contribution is 5.80. The maximum atomic E-state index is 12.4. The van der Waals surface area contributed by atoms with E-state index >= 15 is 0 Å². The number of hydrogen-bond acceptors (Lipinski definition) is 3. The Kier molecular flexibility index (Phi) is 5.59. The van der Waals surface area contributed by atoms with E-state index in [0.717, 1.165) is 47.5 Å². The topological polar surface area (TPSA) is 44.1 Å². The molecule has 0 N–H and O–H groups in total. The lowest BCUT2D eigenvalue weighted by atomic mass is 10.1. The highest BCUT2D eigenvalue weighted by Gasteiger charge is 2.17. The monoisotopic (exact) mass is 314 g/mol. The van der Waals surface area contributed by atoms with Crippen LogP contribution in [0.3, 0.4) is 0 Å². The fraction of sp³-hybridized carbons (Fsp3) is 0.474. The lowest BCUT2D eigenvalue weighted by Gasteiger charge is -2.10. The molecule has 0 bridgehead atoms. The van der Waals surface area contributed by atoms with Gasteiger partial charge in [-0.15, -0.1) is 0 Å². The minimum absolute atomic E-state index is 0.000525. The lowest BCUT2D eigenvalue weighted by molar-refractivity contribution is 0.0817. The average Bonchev–Trinajstić information content (AvgIpc) is 2.81. The summed E-state index contributed by atoms with van der Waals surface area (Å²) >= 11 is 0. The molecule has 0 fully saturated rings. The number of aryl methyl sites for hydroxylation is 2. The van der Waals surface area contributed by atoms with E-state index in [0.29, 0.717) is 0 Å². The number of ether oxygens (including phenoxy) is 1. The van der Waals surface area contributed by atoms with E-state index in [-0.39, 0.29) is 12.5 Å². The third-order valence-electron chi connectivity index (χ3n) is 4.36. The van der Waals surface area contributed by atoms with Gasteiger partial charge in [0.25, 0.3) is 5.91 Å². The smallest absolute Gasteiger partial charge is 0.284 e. The maximum absolute atomic E-state index is 12.4. The zero-order valence-electron chi connectivity index (χ0n) is 14.8. The molecular weight excluding hydrogens is 288 g/mol. The number of carbonyl (C=O) groups is 1. The highest BCUT2D eigenvalue weighted by Crippen LogP contribution is 2.21. The van der Waals surface area contributed by atoms with Crippen molar-refractivity contribution in [3.63, 3.8) is 0 Å². The van der Waals surface area contributed by atoms with Crippen molar-refractivity contribution in [2.75, 3.05) is 6.61 Å². The summed E-state index contributed by atoms with van der Waals surface area (Å²) in [5.41, 5.74) is 5.29. The van der Waals surface area contributed by atoms with Crippen LogP contribution in [0.2, 0.25) is 0 Å². The molecule has 0 radical (unpaired) electrons. The van der Waals surface area contributed by atoms with Gasteiger partial charge in [-0.25, -0.2) is 4.68 Å². The zero-order chi connectivity index (χ0) is 17.0. The second kappa shape index (κ2) is 7.44. The minimum Gasteiger partial charge on any atom is -0.483 e. The van der Waals surface area contributed by atoms with Crippen molar-refractivity contribution in [2.45, 2.75) is 53.9 Å². The first kappa shape index (κ1) is 17.3. The number of aromatic nitrogens is 2. The number of rotatable bonds is 6. The van der Waals surface area contributed by atoms with Gasteiger partial charge in [0, 0.05) is 5.69 Å². The summed E-state index contributed by atoms with van der Waals surface area (Å²) in [6.07, 6.45) is 3.22. The molecule has 2 aromatic rings. The molecule has 0 aliphatic heterocycles. The van der Waals surface area contributed by atoms with Crippen LogP contribution in [0, 0.1) is 27.7 Å². The van der Waals surface area contributed by atoms with E-state index in [1.807, 2.05) is 45.9 Å². The molecule has 4 nitrogen and oxygen atoms in total. The van der Waals surface area contributed by atoms with Crippen molar-refractivity contribution in [1.82, 2.24) is 9.78 Å². The van der Waals surface area contributed by atoms with Crippen molar-refractivity contribution in [1.29, 1.82) is 0 Å². The van der Waals surface area contributed by atoms with Gasteiger partial charge in [-0.05, 0) is 63.3 Å². The molecule has 2 rings (SSSR count). The summed E-state index contributed by atoms with van der Waals surface area (Å²) in [7, 11) is 0. The van der Waals surface area contributed by atoms with Crippen LogP contribution in [0.1, 0.15) is 52.6 Å². The molecule has 0 amide bonds. The van der Waals surface area contributed by atoms with Crippen LogP contribution < -0.4 is 4.74 Å². The average molecular weight is 314 g/mol. The molecule has 0 unspecified atom stereocenters. The number of carbonyl (C=O) groups excluding carboxylic acids is 1. The summed E-state index contributed by atoms with van der Waals surface area (Å²) < 4.78 is 7.20. The quantitative estimate of drug-likeness (QED) is 0.803. The fourth-order valence-corrected chi connectivity index (χ4v) is 2.71. The van der Waals surface area contributed by atoms with Crippen molar-refractivity contribution in [3.05, 3.63) is 46.3 Å². The Morgan fingerprint density at radius 2 is 1.96 bits per heavy atom. The molecule has 4 heteroatoms. The van der Waals surface area contributed by atoms with Gasteiger partial charge in [0.1, 0.15) is 5.75 Å². The number of nitrogens with zero attached hydrogens (tertiary/aromatic N) is 2. The van der Waals surface area contributed by atoms with Crippen LogP contribution >= 0.6 is 0 Å². The summed E-state index contributed by atoms with van der Waals surface area (Å²) in [5.74, 6) is 0.625. The first-order valence-electron chi connectivity index (χ1n) is 8.23. The molecule has 0 saturated heterocycles. The van der Waals surface area contributed by atoms with Crippen LogP contribution in [0.4, 0.5) is 0 Å². The summed E-state index contributed by atoms with van der Waals surface area (Å²) in [5, 5.41) is 4.40. The highest BCUT2D eigenvalue weighted by atomic mass is 16.5. The molecule has 1 heterocycles. The maximum Gasteiger partial charge on any atom is 0.284 e. The fourth-order valence-electron chi connectivity index (χ4n) is 2.71. The van der Waals surface area contributed by atoms with Crippen LogP contribution in [-0.2, 0) is 6.42 Å². The van der Waals surface area contributed by atoms with Gasteiger partial charge in [0.05, 0.1) is 5.69 Å². The Bertz CT molecular complexity index is 702. The van der Waals surface area contributed by atoms with Gasteiger partial charge in [0.15, 0.2) is 6.61 Å². The van der Waals surface area contributed by atoms with Crippen LogP contribution in [0.5, 0.6) is 5.75 Å². The van der Waals surface area contributed by atoms with E-state index in [4.69, 9.17) is 4.74 Å². The molecule has 0 aliphatic rings. The van der Waals surface area contributed by atoms with Crippen LogP contribution in [-0.4, -0.2) is 22.3 Å². The molecule has 0 aliphatic carbocycles. The van der Waals surface area contributed by atoms with E-state index in [1.165, 1.54) is 10.2 Å².